The summed E-state index contributed by atoms with van der Waals surface area (Å²) in [5.41, 5.74) is 8.80. The zero-order valence-electron chi connectivity index (χ0n) is 11.1. The van der Waals surface area contributed by atoms with Crippen LogP contribution in [0, 0.1) is 5.82 Å². The SMILES string of the molecule is CCN(Cc1ccccc1)c1ccc(F)cc1CN. The van der Waals surface area contributed by atoms with Crippen molar-refractivity contribution in [3.63, 3.8) is 0 Å². The molecule has 0 amide bonds. The summed E-state index contributed by atoms with van der Waals surface area (Å²) in [6.07, 6.45) is 0. The third-order valence-corrected chi connectivity index (χ3v) is 3.20. The van der Waals surface area contributed by atoms with Gasteiger partial charge in [0.25, 0.3) is 0 Å². The fraction of sp³-hybridized carbons (Fsp3) is 0.250. The van der Waals surface area contributed by atoms with Gasteiger partial charge >= 0.3 is 0 Å². The minimum absolute atomic E-state index is 0.236. The summed E-state index contributed by atoms with van der Waals surface area (Å²) in [5.74, 6) is -0.236. The van der Waals surface area contributed by atoms with Gasteiger partial charge in [0, 0.05) is 25.3 Å². The summed E-state index contributed by atoms with van der Waals surface area (Å²) in [7, 11) is 0. The van der Waals surface area contributed by atoms with Crippen LogP contribution in [0.1, 0.15) is 18.1 Å². The molecule has 100 valence electrons. The summed E-state index contributed by atoms with van der Waals surface area (Å²) in [6, 6.07) is 15.1. The normalized spacial score (nSPS) is 10.5. The number of halogens is 1. The van der Waals surface area contributed by atoms with Gasteiger partial charge in [0.1, 0.15) is 5.82 Å². The fourth-order valence-corrected chi connectivity index (χ4v) is 2.20. The van der Waals surface area contributed by atoms with Gasteiger partial charge in [-0.05, 0) is 36.2 Å². The highest BCUT2D eigenvalue weighted by molar-refractivity contribution is 5.54. The molecule has 0 atom stereocenters. The van der Waals surface area contributed by atoms with Crippen molar-refractivity contribution in [1.29, 1.82) is 0 Å². The third-order valence-electron chi connectivity index (χ3n) is 3.20. The van der Waals surface area contributed by atoms with Crippen LogP contribution in [0.2, 0.25) is 0 Å². The largest absolute Gasteiger partial charge is 0.367 e. The van der Waals surface area contributed by atoms with E-state index in [4.69, 9.17) is 5.73 Å². The maximum Gasteiger partial charge on any atom is 0.123 e. The van der Waals surface area contributed by atoms with Gasteiger partial charge in [0.2, 0.25) is 0 Å². The number of nitrogens with two attached hydrogens (primary N) is 1. The van der Waals surface area contributed by atoms with Crippen LogP contribution in [0.5, 0.6) is 0 Å². The van der Waals surface area contributed by atoms with Crippen molar-refractivity contribution in [2.45, 2.75) is 20.0 Å². The molecule has 0 heterocycles. The Labute approximate surface area is 113 Å². The van der Waals surface area contributed by atoms with Crippen LogP contribution in [0.3, 0.4) is 0 Å². The number of hydrogen-bond acceptors (Lipinski definition) is 2. The Morgan fingerprint density at radius 3 is 2.47 bits per heavy atom. The lowest BCUT2D eigenvalue weighted by molar-refractivity contribution is 0.624. The van der Waals surface area contributed by atoms with Crippen molar-refractivity contribution in [3.05, 3.63) is 65.5 Å². The second kappa shape index (κ2) is 6.34. The molecule has 0 aliphatic carbocycles. The maximum atomic E-state index is 13.3. The molecule has 2 nitrogen and oxygen atoms in total. The summed E-state index contributed by atoms with van der Waals surface area (Å²) in [5, 5.41) is 0. The first-order valence-electron chi connectivity index (χ1n) is 6.52. The van der Waals surface area contributed by atoms with E-state index < -0.39 is 0 Å². The van der Waals surface area contributed by atoms with E-state index >= 15 is 0 Å². The average Bonchev–Trinajstić information content (AvgIpc) is 2.46. The van der Waals surface area contributed by atoms with Crippen molar-refractivity contribution in [3.8, 4) is 0 Å². The Morgan fingerprint density at radius 2 is 1.84 bits per heavy atom. The predicted molar refractivity (Wildman–Crippen MR) is 77.5 cm³/mol. The number of benzene rings is 2. The molecule has 0 radical (unpaired) electrons. The van der Waals surface area contributed by atoms with Gasteiger partial charge in [0.05, 0.1) is 0 Å². The lowest BCUT2D eigenvalue weighted by Gasteiger charge is -2.25. The number of rotatable bonds is 5. The van der Waals surface area contributed by atoms with Crippen molar-refractivity contribution in [2.75, 3.05) is 11.4 Å². The topological polar surface area (TPSA) is 29.3 Å². The fourth-order valence-electron chi connectivity index (χ4n) is 2.20. The Kier molecular flexibility index (Phi) is 4.53. The van der Waals surface area contributed by atoms with Crippen LogP contribution in [0.15, 0.2) is 48.5 Å². The second-order valence-electron chi connectivity index (χ2n) is 4.48. The molecule has 19 heavy (non-hydrogen) atoms. The van der Waals surface area contributed by atoms with Gasteiger partial charge in [-0.25, -0.2) is 4.39 Å². The molecule has 0 aromatic heterocycles. The van der Waals surface area contributed by atoms with Gasteiger partial charge in [-0.2, -0.15) is 0 Å². The number of anilines is 1. The first-order chi connectivity index (χ1) is 9.24. The number of hydrogen-bond donors (Lipinski definition) is 1. The molecule has 0 unspecified atom stereocenters. The van der Waals surface area contributed by atoms with Crippen molar-refractivity contribution in [2.24, 2.45) is 5.73 Å². The molecule has 2 N–H and O–H groups in total. The smallest absolute Gasteiger partial charge is 0.123 e. The van der Waals surface area contributed by atoms with Crippen LogP contribution in [0.25, 0.3) is 0 Å². The summed E-state index contributed by atoms with van der Waals surface area (Å²) in [6.45, 7) is 4.09. The zero-order chi connectivity index (χ0) is 13.7. The highest BCUT2D eigenvalue weighted by Gasteiger charge is 2.10. The van der Waals surface area contributed by atoms with E-state index in [2.05, 4.69) is 24.0 Å². The average molecular weight is 258 g/mol. The highest BCUT2D eigenvalue weighted by Crippen LogP contribution is 2.23. The molecular formula is C16H19FN2. The van der Waals surface area contributed by atoms with Crippen LogP contribution < -0.4 is 10.6 Å². The molecule has 0 bridgehead atoms. The van der Waals surface area contributed by atoms with E-state index in [1.165, 1.54) is 17.7 Å². The van der Waals surface area contributed by atoms with E-state index in [9.17, 15) is 4.39 Å². The molecule has 0 saturated heterocycles. The van der Waals surface area contributed by atoms with E-state index in [1.807, 2.05) is 24.3 Å². The van der Waals surface area contributed by atoms with Gasteiger partial charge in [-0.15, -0.1) is 0 Å². The molecule has 2 rings (SSSR count). The molecule has 2 aromatic carbocycles. The molecule has 0 aliphatic heterocycles. The van der Waals surface area contributed by atoms with Gasteiger partial charge in [-0.1, -0.05) is 30.3 Å². The molecule has 0 spiro atoms. The molecule has 0 saturated carbocycles. The van der Waals surface area contributed by atoms with Crippen molar-refractivity contribution in [1.82, 2.24) is 0 Å². The molecule has 0 fully saturated rings. The van der Waals surface area contributed by atoms with E-state index in [0.717, 1.165) is 24.3 Å². The predicted octanol–water partition coefficient (Wildman–Crippen LogP) is 3.31. The lowest BCUT2D eigenvalue weighted by Crippen LogP contribution is -2.24. The Balaban J connectivity index is 2.27. The molecular weight excluding hydrogens is 239 g/mol. The van der Waals surface area contributed by atoms with Crippen molar-refractivity contribution >= 4 is 5.69 Å². The summed E-state index contributed by atoms with van der Waals surface area (Å²) >= 11 is 0. The standard InChI is InChI=1S/C16H19FN2/c1-2-19(12-13-6-4-3-5-7-13)16-9-8-15(17)10-14(16)11-18/h3-10H,2,11-12,18H2,1H3. The quantitative estimate of drug-likeness (QED) is 0.891. The van der Waals surface area contributed by atoms with Crippen LogP contribution in [-0.2, 0) is 13.1 Å². The van der Waals surface area contributed by atoms with Crippen LogP contribution >= 0.6 is 0 Å². The Bertz CT molecular complexity index is 526. The van der Waals surface area contributed by atoms with Crippen LogP contribution in [0.4, 0.5) is 10.1 Å². The molecule has 0 aliphatic rings. The Hall–Kier alpha value is -1.87. The van der Waals surface area contributed by atoms with E-state index in [0.29, 0.717) is 6.54 Å². The van der Waals surface area contributed by atoms with Gasteiger partial charge < -0.3 is 10.6 Å². The second-order valence-corrected chi connectivity index (χ2v) is 4.48. The third kappa shape index (κ3) is 3.32. The highest BCUT2D eigenvalue weighted by atomic mass is 19.1. The Morgan fingerprint density at radius 1 is 1.11 bits per heavy atom. The van der Waals surface area contributed by atoms with Gasteiger partial charge in [0.15, 0.2) is 0 Å². The van der Waals surface area contributed by atoms with E-state index in [-0.39, 0.29) is 5.82 Å². The molecule has 3 heteroatoms. The first kappa shape index (κ1) is 13.6. The minimum atomic E-state index is -0.236. The van der Waals surface area contributed by atoms with Gasteiger partial charge in [-0.3, -0.25) is 0 Å². The maximum absolute atomic E-state index is 13.3. The lowest BCUT2D eigenvalue weighted by atomic mass is 10.1. The minimum Gasteiger partial charge on any atom is -0.367 e. The zero-order valence-corrected chi connectivity index (χ0v) is 11.1. The summed E-state index contributed by atoms with van der Waals surface area (Å²) < 4.78 is 13.3. The van der Waals surface area contributed by atoms with E-state index in [1.54, 1.807) is 0 Å². The first-order valence-corrected chi connectivity index (χ1v) is 6.52. The van der Waals surface area contributed by atoms with Crippen LogP contribution in [-0.4, -0.2) is 6.54 Å². The number of nitrogens with zero attached hydrogens (tertiary/aromatic N) is 1. The summed E-state index contributed by atoms with van der Waals surface area (Å²) in [4.78, 5) is 2.21. The molecule has 2 aromatic rings. The van der Waals surface area contributed by atoms with Crippen molar-refractivity contribution < 1.29 is 4.39 Å². The monoisotopic (exact) mass is 258 g/mol.